The molecule has 32 heavy (non-hydrogen) atoms. The van der Waals surface area contributed by atoms with Gasteiger partial charge in [-0.1, -0.05) is 12.2 Å². The minimum Gasteiger partial charge on any atom is -0.477 e. The zero-order valence-corrected chi connectivity index (χ0v) is 18.9. The maximum absolute atomic E-state index is 12.2. The molecule has 0 radical (unpaired) electrons. The lowest BCUT2D eigenvalue weighted by Gasteiger charge is -2.41. The molecule has 0 unspecified atom stereocenters. The molecule has 1 aliphatic heterocycles. The van der Waals surface area contributed by atoms with Gasteiger partial charge >= 0.3 is 23.9 Å². The van der Waals surface area contributed by atoms with Crippen molar-refractivity contribution < 1.29 is 47.7 Å². The summed E-state index contributed by atoms with van der Waals surface area (Å²) in [6.07, 6.45) is 1.02. The van der Waals surface area contributed by atoms with Gasteiger partial charge in [0.15, 0.2) is 18.3 Å². The summed E-state index contributed by atoms with van der Waals surface area (Å²) in [5.41, 5.74) is 0. The van der Waals surface area contributed by atoms with Crippen molar-refractivity contribution in [2.45, 2.75) is 59.0 Å². The van der Waals surface area contributed by atoms with Crippen LogP contribution in [-0.4, -0.2) is 67.9 Å². The Balaban J connectivity index is 3.56. The number of rotatable bonds is 9. The Hall–Kier alpha value is -3.37. The van der Waals surface area contributed by atoms with Gasteiger partial charge in [0.05, 0.1) is 13.2 Å². The fraction of sp³-hybridized carbons (Fsp3) is 0.571. The van der Waals surface area contributed by atoms with Crippen LogP contribution < -0.4 is 5.32 Å². The molecule has 0 spiro atoms. The molecule has 11 heteroatoms. The van der Waals surface area contributed by atoms with Crippen LogP contribution in [0.1, 0.15) is 34.6 Å². The van der Waals surface area contributed by atoms with Crippen LogP contribution in [0.3, 0.4) is 0 Å². The van der Waals surface area contributed by atoms with E-state index in [4.69, 9.17) is 23.7 Å². The third kappa shape index (κ3) is 8.05. The molecule has 1 amide bonds. The fourth-order valence-electron chi connectivity index (χ4n) is 3.21. The van der Waals surface area contributed by atoms with Crippen molar-refractivity contribution in [3.05, 3.63) is 24.0 Å². The lowest BCUT2D eigenvalue weighted by atomic mass is 9.86. The highest BCUT2D eigenvalue weighted by Crippen LogP contribution is 2.30. The third-order valence-electron chi connectivity index (χ3n) is 4.31. The molecule has 0 fully saturated rings. The van der Waals surface area contributed by atoms with Crippen LogP contribution in [0.15, 0.2) is 24.0 Å². The second-order valence-electron chi connectivity index (χ2n) is 6.96. The maximum atomic E-state index is 12.2. The van der Waals surface area contributed by atoms with E-state index in [0.717, 1.165) is 27.9 Å². The predicted molar refractivity (Wildman–Crippen MR) is 109 cm³/mol. The van der Waals surface area contributed by atoms with Gasteiger partial charge in [-0.3, -0.25) is 19.2 Å². The molecule has 0 aromatic heterocycles. The third-order valence-corrected chi connectivity index (χ3v) is 4.31. The van der Waals surface area contributed by atoms with E-state index in [1.54, 1.807) is 19.1 Å². The Labute approximate surface area is 186 Å². The number of hydrogen-bond acceptors (Lipinski definition) is 10. The maximum Gasteiger partial charge on any atom is 0.373 e. The zero-order valence-electron chi connectivity index (χ0n) is 18.9. The first kappa shape index (κ1) is 26.7. The second-order valence-corrected chi connectivity index (χ2v) is 6.96. The highest BCUT2D eigenvalue weighted by atomic mass is 16.6. The van der Waals surface area contributed by atoms with E-state index in [1.807, 2.05) is 0 Å². The van der Waals surface area contributed by atoms with E-state index < -0.39 is 66.7 Å². The summed E-state index contributed by atoms with van der Waals surface area (Å²) in [5.74, 6) is -4.12. The zero-order chi connectivity index (χ0) is 24.4. The van der Waals surface area contributed by atoms with Gasteiger partial charge in [-0.05, 0) is 13.0 Å². The van der Waals surface area contributed by atoms with Gasteiger partial charge in [-0.15, -0.1) is 0 Å². The first-order valence-corrected chi connectivity index (χ1v) is 9.84. The molecule has 0 saturated carbocycles. The Kier molecular flexibility index (Phi) is 10.4. The number of methoxy groups -OCH3 is 1. The minimum absolute atomic E-state index is 0.187. The van der Waals surface area contributed by atoms with E-state index in [-0.39, 0.29) is 5.76 Å². The molecule has 1 rings (SSSR count). The van der Waals surface area contributed by atoms with Crippen molar-refractivity contribution in [1.29, 1.82) is 0 Å². The highest BCUT2D eigenvalue weighted by Gasteiger charge is 2.47. The molecule has 0 aromatic carbocycles. The lowest BCUT2D eigenvalue weighted by Crippen LogP contribution is -2.59. The molecule has 0 aromatic rings. The van der Waals surface area contributed by atoms with E-state index >= 15 is 0 Å². The van der Waals surface area contributed by atoms with Gasteiger partial charge in [0.25, 0.3) is 0 Å². The average molecular weight is 455 g/mol. The summed E-state index contributed by atoms with van der Waals surface area (Å²) in [7, 11) is 1.16. The molecule has 11 nitrogen and oxygen atoms in total. The van der Waals surface area contributed by atoms with Crippen molar-refractivity contribution in [2.75, 3.05) is 13.7 Å². The minimum atomic E-state index is -1.35. The summed E-state index contributed by atoms with van der Waals surface area (Å²) in [6, 6.07) is -0.836. The largest absolute Gasteiger partial charge is 0.477 e. The number of allylic oxidation sites excluding steroid dienone is 1. The quantitative estimate of drug-likeness (QED) is 0.298. The van der Waals surface area contributed by atoms with Crippen molar-refractivity contribution >= 4 is 29.8 Å². The molecule has 1 N–H and O–H groups in total. The smallest absolute Gasteiger partial charge is 0.373 e. The summed E-state index contributed by atoms with van der Waals surface area (Å²) in [6.45, 7) is 5.98. The van der Waals surface area contributed by atoms with E-state index in [2.05, 4.69) is 5.32 Å². The van der Waals surface area contributed by atoms with E-state index in [1.165, 1.54) is 13.0 Å². The number of esters is 4. The average Bonchev–Trinajstić information content (AvgIpc) is 2.69. The van der Waals surface area contributed by atoms with Gasteiger partial charge in [-0.25, -0.2) is 4.79 Å². The monoisotopic (exact) mass is 455 g/mol. The predicted octanol–water partition coefficient (Wildman–Crippen LogP) is 0.566. The Bertz CT molecular complexity index is 787. The van der Waals surface area contributed by atoms with Gasteiger partial charge in [0.1, 0.15) is 6.61 Å². The molecule has 178 valence electrons. The van der Waals surface area contributed by atoms with E-state index in [0.29, 0.717) is 0 Å². The Morgan fingerprint density at radius 1 is 1.06 bits per heavy atom. The van der Waals surface area contributed by atoms with Gasteiger partial charge in [0.2, 0.25) is 11.7 Å². The number of carbonyl (C=O) groups is 5. The van der Waals surface area contributed by atoms with Crippen LogP contribution in [-0.2, 0) is 47.7 Å². The SMILES string of the molecule is C/C=C/[C@H]1C=C(C(=O)OC)O[C@@H]([C@H](OC(C)=O)[C@@H](COC(C)=O)OC(C)=O)[C@@H]1NC(C)=O. The molecule has 1 heterocycles. The van der Waals surface area contributed by atoms with Crippen molar-refractivity contribution in [3.63, 3.8) is 0 Å². The topological polar surface area (TPSA) is 144 Å². The number of amides is 1. The first-order valence-electron chi connectivity index (χ1n) is 9.84. The van der Waals surface area contributed by atoms with Crippen LogP contribution in [0.25, 0.3) is 0 Å². The molecular weight excluding hydrogens is 426 g/mol. The second kappa shape index (κ2) is 12.5. The van der Waals surface area contributed by atoms with Gasteiger partial charge in [0, 0.05) is 33.6 Å². The molecule has 0 saturated heterocycles. The Morgan fingerprint density at radius 3 is 2.16 bits per heavy atom. The summed E-state index contributed by atoms with van der Waals surface area (Å²) < 4.78 is 26.1. The number of carbonyl (C=O) groups excluding carboxylic acids is 5. The molecule has 1 aliphatic rings. The van der Waals surface area contributed by atoms with Crippen LogP contribution in [0, 0.1) is 5.92 Å². The highest BCUT2D eigenvalue weighted by molar-refractivity contribution is 5.86. The lowest BCUT2D eigenvalue weighted by molar-refractivity contribution is -0.188. The molecule has 0 bridgehead atoms. The number of nitrogens with one attached hydrogen (secondary N) is 1. The van der Waals surface area contributed by atoms with Crippen LogP contribution >= 0.6 is 0 Å². The van der Waals surface area contributed by atoms with Crippen molar-refractivity contribution in [2.24, 2.45) is 5.92 Å². The van der Waals surface area contributed by atoms with Crippen LogP contribution in [0.2, 0.25) is 0 Å². The number of hydrogen-bond donors (Lipinski definition) is 1. The van der Waals surface area contributed by atoms with Crippen molar-refractivity contribution in [3.8, 4) is 0 Å². The number of ether oxygens (including phenoxy) is 5. The summed E-state index contributed by atoms with van der Waals surface area (Å²) >= 11 is 0. The Morgan fingerprint density at radius 2 is 1.69 bits per heavy atom. The van der Waals surface area contributed by atoms with E-state index in [9.17, 15) is 24.0 Å². The molecular formula is C21H29NO10. The normalized spacial score (nSPS) is 21.9. The fourth-order valence-corrected chi connectivity index (χ4v) is 3.21. The molecule has 5 atom stereocenters. The van der Waals surface area contributed by atoms with Crippen LogP contribution in [0.4, 0.5) is 0 Å². The first-order chi connectivity index (χ1) is 15.0. The summed E-state index contributed by atoms with van der Waals surface area (Å²) in [5, 5.41) is 2.72. The van der Waals surface area contributed by atoms with Gasteiger partial charge < -0.3 is 29.0 Å². The molecule has 0 aliphatic carbocycles. The van der Waals surface area contributed by atoms with Gasteiger partial charge in [-0.2, -0.15) is 0 Å². The standard InChI is InChI=1S/C21H29NO10/c1-7-8-15-9-16(21(27)28-6)32-20(18(15)22-11(2)23)19(31-14(5)26)17(30-13(4)25)10-29-12(3)24/h7-9,15,17-20H,10H2,1-6H3,(H,22,23)/b8-7+/t15-,17+,18+,19+,20+/m0/s1. The van der Waals surface area contributed by atoms with Crippen molar-refractivity contribution in [1.82, 2.24) is 5.32 Å². The van der Waals surface area contributed by atoms with Crippen LogP contribution in [0.5, 0.6) is 0 Å². The summed E-state index contributed by atoms with van der Waals surface area (Å²) in [4.78, 5) is 59.1.